The second-order valence-electron chi connectivity index (χ2n) is 10.2. The van der Waals surface area contributed by atoms with E-state index in [1.165, 1.54) is 25.6 Å². The number of rotatable bonds is 9. The highest BCUT2D eigenvalue weighted by Crippen LogP contribution is 2.37. The van der Waals surface area contributed by atoms with E-state index in [-0.39, 0.29) is 46.2 Å². The Morgan fingerprint density at radius 1 is 1.10 bits per heavy atom. The Morgan fingerprint density at radius 3 is 2.55 bits per heavy atom. The molecule has 2 aromatic heterocycles. The lowest BCUT2D eigenvalue weighted by Crippen LogP contribution is -2.58. The molecule has 14 heteroatoms. The Morgan fingerprint density at radius 2 is 1.86 bits per heavy atom. The van der Waals surface area contributed by atoms with Crippen molar-refractivity contribution in [1.29, 1.82) is 0 Å². The quantitative estimate of drug-likeness (QED) is 0.301. The van der Waals surface area contributed by atoms with Crippen LogP contribution in [0.15, 0.2) is 64.3 Å². The van der Waals surface area contributed by atoms with E-state index in [9.17, 15) is 12.8 Å². The summed E-state index contributed by atoms with van der Waals surface area (Å²) in [7, 11) is -2.11. The predicted molar refractivity (Wildman–Crippen MR) is 149 cm³/mol. The molecule has 12 nitrogen and oxygen atoms in total. The number of nitrogens with one attached hydrogen (secondary N) is 1. The first kappa shape index (κ1) is 28.0. The molecule has 0 saturated carbocycles. The second kappa shape index (κ2) is 11.6. The van der Waals surface area contributed by atoms with Gasteiger partial charge in [0, 0.05) is 36.7 Å². The minimum atomic E-state index is -3.55. The average Bonchev–Trinajstić information content (AvgIpc) is 3.43. The number of hydrogen-bond acceptors (Lipinski definition) is 12. The number of methoxy groups -OCH3 is 1. The molecular weight excluding hydrogens is 567 g/mol. The van der Waals surface area contributed by atoms with Crippen molar-refractivity contribution in [3.05, 3.63) is 66.6 Å². The molecule has 0 spiro atoms. The zero-order valence-electron chi connectivity index (χ0n) is 22.9. The SMILES string of the molecule is COc1c(Nc2ccc(S(C)(=O)=O)cc2F)ncnc1OC1C[C@H]2COC[C@@H](C1)N2Cc1nc(-c2ccccc2)no1. The fraction of sp³-hybridized carbons (Fsp3) is 0.357. The Bertz CT molecular complexity index is 1660. The maximum Gasteiger partial charge on any atom is 0.262 e. The van der Waals surface area contributed by atoms with E-state index in [0.29, 0.717) is 44.3 Å². The largest absolute Gasteiger partial charge is 0.489 e. The van der Waals surface area contributed by atoms with E-state index >= 15 is 0 Å². The van der Waals surface area contributed by atoms with Gasteiger partial charge in [0.1, 0.15) is 18.2 Å². The van der Waals surface area contributed by atoms with E-state index < -0.39 is 15.7 Å². The monoisotopic (exact) mass is 596 g/mol. The van der Waals surface area contributed by atoms with Gasteiger partial charge in [-0.15, -0.1) is 0 Å². The molecule has 6 rings (SSSR count). The van der Waals surface area contributed by atoms with E-state index in [2.05, 4.69) is 30.3 Å². The number of piperidine rings is 1. The Balaban J connectivity index is 1.15. The van der Waals surface area contributed by atoms with Gasteiger partial charge >= 0.3 is 0 Å². The van der Waals surface area contributed by atoms with E-state index in [0.717, 1.165) is 17.9 Å². The van der Waals surface area contributed by atoms with Crippen molar-refractivity contribution in [3.63, 3.8) is 0 Å². The molecule has 0 amide bonds. The number of benzene rings is 2. The standard InChI is InChI=1S/C28H29FN6O6S/c1-38-25-27(32-23-9-8-21(12-22(23)29)42(2,36)37)30-16-31-28(25)40-20-10-18-14-39-15-19(11-20)35(18)13-24-33-26(34-41-24)17-6-4-3-5-7-17/h3-9,12,16,18-20H,10-11,13-15H2,1-2H3,(H,30,31,32)/t18-,19+,20?. The molecule has 4 heterocycles. The molecule has 2 bridgehead atoms. The molecule has 2 fully saturated rings. The van der Waals surface area contributed by atoms with Gasteiger partial charge in [0.05, 0.1) is 37.5 Å². The highest BCUT2D eigenvalue weighted by molar-refractivity contribution is 7.90. The summed E-state index contributed by atoms with van der Waals surface area (Å²) in [6.45, 7) is 1.57. The van der Waals surface area contributed by atoms with Gasteiger partial charge < -0.3 is 24.1 Å². The highest BCUT2D eigenvalue weighted by atomic mass is 32.2. The van der Waals surface area contributed by atoms with Crippen LogP contribution in [0.2, 0.25) is 0 Å². The van der Waals surface area contributed by atoms with Crippen molar-refractivity contribution in [3.8, 4) is 23.0 Å². The van der Waals surface area contributed by atoms with Gasteiger partial charge in [-0.05, 0) is 18.2 Å². The summed E-state index contributed by atoms with van der Waals surface area (Å²) < 4.78 is 61.5. The summed E-state index contributed by atoms with van der Waals surface area (Å²) >= 11 is 0. The summed E-state index contributed by atoms with van der Waals surface area (Å²) in [4.78, 5) is 15.2. The maximum absolute atomic E-state index is 14.7. The first-order valence-electron chi connectivity index (χ1n) is 13.3. The molecule has 1 N–H and O–H groups in total. The van der Waals surface area contributed by atoms with Gasteiger partial charge in [-0.2, -0.15) is 9.97 Å². The molecule has 3 atom stereocenters. The Hall–Kier alpha value is -4.14. The Labute approximate surface area is 241 Å². The van der Waals surface area contributed by atoms with Crippen LogP contribution >= 0.6 is 0 Å². The van der Waals surface area contributed by atoms with E-state index in [1.54, 1.807) is 0 Å². The topological polar surface area (TPSA) is 142 Å². The maximum atomic E-state index is 14.7. The molecule has 4 aromatic rings. The van der Waals surface area contributed by atoms with Crippen molar-refractivity contribution in [2.24, 2.45) is 0 Å². The fourth-order valence-corrected chi connectivity index (χ4v) is 5.93. The van der Waals surface area contributed by atoms with Crippen molar-refractivity contribution >= 4 is 21.3 Å². The number of ether oxygens (including phenoxy) is 3. The highest BCUT2D eigenvalue weighted by Gasteiger charge is 2.41. The van der Waals surface area contributed by atoms with Crippen LogP contribution in [0.5, 0.6) is 11.6 Å². The fourth-order valence-electron chi connectivity index (χ4n) is 5.30. The second-order valence-corrected chi connectivity index (χ2v) is 12.2. The number of halogens is 1. The van der Waals surface area contributed by atoms with Gasteiger partial charge in [0.2, 0.25) is 17.5 Å². The number of hydrogen-bond donors (Lipinski definition) is 1. The lowest BCUT2D eigenvalue weighted by molar-refractivity contribution is -0.107. The molecule has 2 aromatic carbocycles. The van der Waals surface area contributed by atoms with Gasteiger partial charge in [-0.1, -0.05) is 35.5 Å². The van der Waals surface area contributed by atoms with Crippen LogP contribution in [0.3, 0.4) is 0 Å². The zero-order valence-corrected chi connectivity index (χ0v) is 23.8. The molecule has 220 valence electrons. The van der Waals surface area contributed by atoms with Crippen molar-refractivity contribution < 1.29 is 31.5 Å². The average molecular weight is 597 g/mol. The lowest BCUT2D eigenvalue weighted by Gasteiger charge is -2.47. The van der Waals surface area contributed by atoms with E-state index in [4.69, 9.17) is 18.7 Å². The van der Waals surface area contributed by atoms with Crippen LogP contribution in [0, 0.1) is 5.82 Å². The van der Waals surface area contributed by atoms with Crippen LogP contribution in [0.4, 0.5) is 15.9 Å². The van der Waals surface area contributed by atoms with Crippen molar-refractivity contribution in [1.82, 2.24) is 25.0 Å². The predicted octanol–water partition coefficient (Wildman–Crippen LogP) is 3.63. The van der Waals surface area contributed by atoms with Crippen LogP contribution in [0.25, 0.3) is 11.4 Å². The summed E-state index contributed by atoms with van der Waals surface area (Å²) in [5.74, 6) is 0.933. The normalized spacial score (nSPS) is 20.7. The minimum Gasteiger partial charge on any atom is -0.489 e. The molecular formula is C28H29FN6O6S. The summed E-state index contributed by atoms with van der Waals surface area (Å²) in [5, 5.41) is 7.00. The first-order valence-corrected chi connectivity index (χ1v) is 15.2. The smallest absolute Gasteiger partial charge is 0.262 e. The molecule has 2 aliphatic rings. The molecule has 0 radical (unpaired) electrons. The third-order valence-corrected chi connectivity index (χ3v) is 8.43. The van der Waals surface area contributed by atoms with Crippen LogP contribution in [-0.2, 0) is 21.1 Å². The van der Waals surface area contributed by atoms with Gasteiger partial charge in [0.25, 0.3) is 5.88 Å². The molecule has 0 aliphatic carbocycles. The van der Waals surface area contributed by atoms with Gasteiger partial charge in [-0.3, -0.25) is 4.90 Å². The third-order valence-electron chi connectivity index (χ3n) is 7.32. The number of aromatic nitrogens is 4. The summed E-state index contributed by atoms with van der Waals surface area (Å²) in [6, 6.07) is 13.4. The number of fused-ring (bicyclic) bond motifs is 2. The molecule has 2 saturated heterocycles. The number of morpholine rings is 1. The zero-order chi connectivity index (χ0) is 29.3. The first-order chi connectivity index (χ1) is 20.3. The molecule has 42 heavy (non-hydrogen) atoms. The van der Waals surface area contributed by atoms with Crippen molar-refractivity contribution in [2.45, 2.75) is 42.5 Å². The summed E-state index contributed by atoms with van der Waals surface area (Å²) in [6.07, 6.45) is 3.44. The van der Waals surface area contributed by atoms with Crippen LogP contribution < -0.4 is 14.8 Å². The Kier molecular flexibility index (Phi) is 7.75. The number of sulfone groups is 1. The third kappa shape index (κ3) is 5.91. The van der Waals surface area contributed by atoms with Crippen LogP contribution in [0.1, 0.15) is 18.7 Å². The van der Waals surface area contributed by atoms with Gasteiger partial charge in [0.15, 0.2) is 15.7 Å². The van der Waals surface area contributed by atoms with Crippen molar-refractivity contribution in [2.75, 3.05) is 31.9 Å². The molecule has 2 aliphatic heterocycles. The number of anilines is 2. The number of nitrogens with zero attached hydrogens (tertiary/aromatic N) is 5. The summed E-state index contributed by atoms with van der Waals surface area (Å²) in [5.41, 5.74) is 0.922. The van der Waals surface area contributed by atoms with Crippen LogP contribution in [-0.4, -0.2) is 78.2 Å². The lowest BCUT2D eigenvalue weighted by atomic mass is 9.92. The van der Waals surface area contributed by atoms with Gasteiger partial charge in [-0.25, -0.2) is 17.8 Å². The minimum absolute atomic E-state index is 0.0294. The van der Waals surface area contributed by atoms with E-state index in [1.807, 2.05) is 30.3 Å². The molecule has 1 unspecified atom stereocenters.